The largest absolute Gasteiger partial charge is 0.502 e. The molecule has 5 heteroatoms. The molecule has 1 atom stereocenters. The number of ether oxygens (including phenoxy) is 2. The van der Waals surface area contributed by atoms with E-state index in [1.807, 2.05) is 0 Å². The van der Waals surface area contributed by atoms with E-state index in [2.05, 4.69) is 0 Å². The summed E-state index contributed by atoms with van der Waals surface area (Å²) in [5, 5.41) is 9.80. The van der Waals surface area contributed by atoms with Crippen LogP contribution in [0.4, 0.5) is 0 Å². The highest BCUT2D eigenvalue weighted by atomic mass is 16.5. The first-order chi connectivity index (χ1) is 8.63. The second-order valence-electron chi connectivity index (χ2n) is 4.16. The predicted molar refractivity (Wildman–Crippen MR) is 71.0 cm³/mol. The average molecular weight is 254 g/mol. The molecule has 0 radical (unpaired) electrons. The number of unbranched alkanes of at least 4 members (excludes halogenated alkanes) is 1. The standard InChI is InChI=1S/C13H22N2O3/c1-17-11-7-9(8-12(18-2)13(11)16)10(15)5-3-4-6-14/h7-8,10,16H,3-6,14-15H2,1-2H3/t10-/m0/s1. The SMILES string of the molecule is COc1cc([C@@H](N)CCCCN)cc(OC)c1O. The van der Waals surface area contributed by atoms with Gasteiger partial charge in [0.1, 0.15) is 0 Å². The summed E-state index contributed by atoms with van der Waals surface area (Å²) in [6, 6.07) is 3.37. The second-order valence-corrected chi connectivity index (χ2v) is 4.16. The number of phenolic OH excluding ortho intramolecular Hbond substituents is 1. The lowest BCUT2D eigenvalue weighted by Gasteiger charge is -2.16. The Morgan fingerprint density at radius 2 is 1.72 bits per heavy atom. The van der Waals surface area contributed by atoms with Crippen LogP contribution < -0.4 is 20.9 Å². The quantitative estimate of drug-likeness (QED) is 0.642. The van der Waals surface area contributed by atoms with Crippen molar-refractivity contribution in [1.82, 2.24) is 0 Å². The topological polar surface area (TPSA) is 90.7 Å². The fourth-order valence-electron chi connectivity index (χ4n) is 1.80. The fourth-order valence-corrected chi connectivity index (χ4v) is 1.80. The van der Waals surface area contributed by atoms with Gasteiger partial charge in [0.15, 0.2) is 11.5 Å². The first-order valence-electron chi connectivity index (χ1n) is 6.04. The van der Waals surface area contributed by atoms with Crippen molar-refractivity contribution < 1.29 is 14.6 Å². The Hall–Kier alpha value is -1.46. The summed E-state index contributed by atoms with van der Waals surface area (Å²) in [5.41, 5.74) is 12.4. The average Bonchev–Trinajstić information content (AvgIpc) is 2.39. The van der Waals surface area contributed by atoms with E-state index in [9.17, 15) is 5.11 Å². The summed E-state index contributed by atoms with van der Waals surface area (Å²) in [6.07, 6.45) is 2.78. The van der Waals surface area contributed by atoms with Crippen LogP contribution in [-0.4, -0.2) is 25.9 Å². The van der Waals surface area contributed by atoms with Crippen molar-refractivity contribution in [2.24, 2.45) is 11.5 Å². The first kappa shape index (κ1) is 14.6. The van der Waals surface area contributed by atoms with E-state index in [0.717, 1.165) is 24.8 Å². The maximum absolute atomic E-state index is 9.80. The molecule has 18 heavy (non-hydrogen) atoms. The molecule has 0 heterocycles. The minimum Gasteiger partial charge on any atom is -0.502 e. The zero-order valence-electron chi connectivity index (χ0n) is 11.0. The van der Waals surface area contributed by atoms with E-state index in [0.29, 0.717) is 18.0 Å². The van der Waals surface area contributed by atoms with Gasteiger partial charge in [0.05, 0.1) is 14.2 Å². The van der Waals surface area contributed by atoms with Crippen LogP contribution in [0.25, 0.3) is 0 Å². The third kappa shape index (κ3) is 3.51. The van der Waals surface area contributed by atoms with Gasteiger partial charge in [0.25, 0.3) is 0 Å². The third-order valence-electron chi connectivity index (χ3n) is 2.90. The van der Waals surface area contributed by atoms with Crippen molar-refractivity contribution in [3.05, 3.63) is 17.7 Å². The lowest BCUT2D eigenvalue weighted by molar-refractivity contribution is 0.338. The number of nitrogens with two attached hydrogens (primary N) is 2. The molecule has 0 aromatic heterocycles. The Kier molecular flexibility index (Phi) is 5.74. The highest BCUT2D eigenvalue weighted by Gasteiger charge is 2.14. The second kappa shape index (κ2) is 7.08. The number of benzene rings is 1. The van der Waals surface area contributed by atoms with Crippen LogP contribution in [0, 0.1) is 0 Å². The molecule has 1 rings (SSSR count). The lowest BCUT2D eigenvalue weighted by atomic mass is 10.0. The Morgan fingerprint density at radius 3 is 2.17 bits per heavy atom. The Labute approximate surface area is 108 Å². The molecule has 0 amide bonds. The number of hydrogen-bond donors (Lipinski definition) is 3. The summed E-state index contributed by atoms with van der Waals surface area (Å²) in [4.78, 5) is 0. The van der Waals surface area contributed by atoms with Crippen molar-refractivity contribution in [1.29, 1.82) is 0 Å². The van der Waals surface area contributed by atoms with Crippen LogP contribution in [0.5, 0.6) is 17.2 Å². The van der Waals surface area contributed by atoms with E-state index in [1.165, 1.54) is 14.2 Å². The van der Waals surface area contributed by atoms with Crippen LogP contribution >= 0.6 is 0 Å². The van der Waals surface area contributed by atoms with Gasteiger partial charge in [0.2, 0.25) is 5.75 Å². The third-order valence-corrected chi connectivity index (χ3v) is 2.90. The molecule has 1 aromatic carbocycles. The Bertz CT molecular complexity index is 357. The van der Waals surface area contributed by atoms with Crippen molar-refractivity contribution in [3.8, 4) is 17.2 Å². The zero-order valence-corrected chi connectivity index (χ0v) is 11.0. The van der Waals surface area contributed by atoms with E-state index in [4.69, 9.17) is 20.9 Å². The monoisotopic (exact) mass is 254 g/mol. The summed E-state index contributed by atoms with van der Waals surface area (Å²) < 4.78 is 10.2. The van der Waals surface area contributed by atoms with Gasteiger partial charge < -0.3 is 26.0 Å². The molecule has 0 saturated carbocycles. The predicted octanol–water partition coefficient (Wildman–Crippen LogP) is 1.54. The molecule has 102 valence electrons. The number of rotatable bonds is 7. The molecule has 0 aliphatic rings. The van der Waals surface area contributed by atoms with Crippen LogP contribution in [0.1, 0.15) is 30.9 Å². The molecule has 0 unspecified atom stereocenters. The van der Waals surface area contributed by atoms with Gasteiger partial charge in [-0.05, 0) is 37.1 Å². The summed E-state index contributed by atoms with van der Waals surface area (Å²) in [5.74, 6) is 0.746. The van der Waals surface area contributed by atoms with Gasteiger partial charge >= 0.3 is 0 Å². The molecule has 0 aliphatic heterocycles. The maximum atomic E-state index is 9.80. The Morgan fingerprint density at radius 1 is 1.17 bits per heavy atom. The lowest BCUT2D eigenvalue weighted by Crippen LogP contribution is -2.11. The fraction of sp³-hybridized carbons (Fsp3) is 0.538. The molecule has 5 nitrogen and oxygen atoms in total. The number of phenols is 1. The number of hydrogen-bond acceptors (Lipinski definition) is 5. The molecule has 0 fully saturated rings. The smallest absolute Gasteiger partial charge is 0.200 e. The van der Waals surface area contributed by atoms with Crippen LogP contribution in [0.2, 0.25) is 0 Å². The highest BCUT2D eigenvalue weighted by Crippen LogP contribution is 2.38. The highest BCUT2D eigenvalue weighted by molar-refractivity contribution is 5.53. The number of methoxy groups -OCH3 is 2. The van der Waals surface area contributed by atoms with Gasteiger partial charge in [-0.3, -0.25) is 0 Å². The molecule has 0 spiro atoms. The van der Waals surface area contributed by atoms with Crippen molar-refractivity contribution in [2.75, 3.05) is 20.8 Å². The van der Waals surface area contributed by atoms with Crippen molar-refractivity contribution >= 4 is 0 Å². The zero-order chi connectivity index (χ0) is 13.5. The van der Waals surface area contributed by atoms with Crippen molar-refractivity contribution in [3.63, 3.8) is 0 Å². The van der Waals surface area contributed by atoms with Crippen LogP contribution in [0.15, 0.2) is 12.1 Å². The summed E-state index contributed by atoms with van der Waals surface area (Å²) in [6.45, 7) is 0.676. The van der Waals surface area contributed by atoms with Gasteiger partial charge in [-0.25, -0.2) is 0 Å². The van der Waals surface area contributed by atoms with Crippen LogP contribution in [0.3, 0.4) is 0 Å². The van der Waals surface area contributed by atoms with E-state index in [-0.39, 0.29) is 11.8 Å². The molecule has 0 bridgehead atoms. The van der Waals surface area contributed by atoms with Gasteiger partial charge in [-0.1, -0.05) is 6.42 Å². The van der Waals surface area contributed by atoms with E-state index < -0.39 is 0 Å². The van der Waals surface area contributed by atoms with E-state index in [1.54, 1.807) is 12.1 Å². The molecular formula is C13H22N2O3. The van der Waals surface area contributed by atoms with Gasteiger partial charge in [-0.2, -0.15) is 0 Å². The van der Waals surface area contributed by atoms with Gasteiger partial charge in [0, 0.05) is 6.04 Å². The maximum Gasteiger partial charge on any atom is 0.200 e. The minimum absolute atomic E-state index is 0.00194. The van der Waals surface area contributed by atoms with E-state index >= 15 is 0 Å². The first-order valence-corrected chi connectivity index (χ1v) is 6.04. The normalized spacial score (nSPS) is 12.2. The molecule has 0 saturated heterocycles. The van der Waals surface area contributed by atoms with Crippen LogP contribution in [-0.2, 0) is 0 Å². The molecule has 5 N–H and O–H groups in total. The molecular weight excluding hydrogens is 232 g/mol. The molecule has 1 aromatic rings. The van der Waals surface area contributed by atoms with Crippen molar-refractivity contribution in [2.45, 2.75) is 25.3 Å². The summed E-state index contributed by atoms with van der Waals surface area (Å²) in [7, 11) is 3.00. The Balaban J connectivity index is 2.87. The van der Waals surface area contributed by atoms with Gasteiger partial charge in [-0.15, -0.1) is 0 Å². The molecule has 0 aliphatic carbocycles. The summed E-state index contributed by atoms with van der Waals surface area (Å²) >= 11 is 0. The minimum atomic E-state index is -0.111. The number of aromatic hydroxyl groups is 1.